The summed E-state index contributed by atoms with van der Waals surface area (Å²) in [5, 5.41) is 27.0. The zero-order valence-corrected chi connectivity index (χ0v) is 24.0. The number of aliphatic carboxylic acids is 1. The standard InChI is InChI=1S/C32H37N5O7/c33-24(17-20-7-3-1-4-8-20)29(40)36-26(18-22-11-13-23(38)14-12-22)31(42)35-25(15-16-28(34)39)30(41)37-27(32(43)44)19-21-9-5-2-6-10-21/h1-14,24-27,38H,15-19,33H2,(H2,34,39)(H,35,42)(H,36,40)(H,37,41)(H,43,44). The molecule has 4 amide bonds. The van der Waals surface area contributed by atoms with E-state index in [2.05, 4.69) is 16.0 Å². The summed E-state index contributed by atoms with van der Waals surface area (Å²) in [6.07, 6.45) is -0.311. The molecule has 0 heterocycles. The summed E-state index contributed by atoms with van der Waals surface area (Å²) in [5.74, 6) is -4.21. The van der Waals surface area contributed by atoms with E-state index in [9.17, 15) is 34.2 Å². The molecular weight excluding hydrogens is 566 g/mol. The Balaban J connectivity index is 1.79. The van der Waals surface area contributed by atoms with Crippen LogP contribution in [0.25, 0.3) is 0 Å². The number of amides is 4. The highest BCUT2D eigenvalue weighted by atomic mass is 16.4. The van der Waals surface area contributed by atoms with Gasteiger partial charge in [-0.2, -0.15) is 0 Å². The van der Waals surface area contributed by atoms with Crippen LogP contribution in [0.3, 0.4) is 0 Å². The summed E-state index contributed by atoms with van der Waals surface area (Å²) in [5.41, 5.74) is 13.5. The molecule has 0 saturated carbocycles. The highest BCUT2D eigenvalue weighted by Crippen LogP contribution is 2.13. The van der Waals surface area contributed by atoms with Gasteiger partial charge in [0.05, 0.1) is 6.04 Å². The van der Waals surface area contributed by atoms with Crippen molar-refractivity contribution in [3.63, 3.8) is 0 Å². The lowest BCUT2D eigenvalue weighted by atomic mass is 10.0. The highest BCUT2D eigenvalue weighted by Gasteiger charge is 2.31. The first kappa shape index (κ1) is 33.3. The molecule has 3 aromatic rings. The van der Waals surface area contributed by atoms with E-state index in [1.165, 1.54) is 12.1 Å². The molecule has 232 valence electrons. The van der Waals surface area contributed by atoms with Crippen molar-refractivity contribution in [1.82, 2.24) is 16.0 Å². The van der Waals surface area contributed by atoms with Crippen LogP contribution in [-0.2, 0) is 43.2 Å². The van der Waals surface area contributed by atoms with Gasteiger partial charge in [-0.25, -0.2) is 4.79 Å². The largest absolute Gasteiger partial charge is 0.508 e. The van der Waals surface area contributed by atoms with E-state index in [1.807, 2.05) is 30.3 Å². The number of phenols is 1. The Kier molecular flexibility index (Phi) is 12.4. The van der Waals surface area contributed by atoms with Crippen LogP contribution < -0.4 is 27.4 Å². The van der Waals surface area contributed by atoms with E-state index in [-0.39, 0.29) is 37.9 Å². The smallest absolute Gasteiger partial charge is 0.326 e. The summed E-state index contributed by atoms with van der Waals surface area (Å²) in [7, 11) is 0. The number of rotatable bonds is 16. The van der Waals surface area contributed by atoms with Crippen molar-refractivity contribution in [1.29, 1.82) is 0 Å². The molecular formula is C32H37N5O7. The number of nitrogens with one attached hydrogen (secondary N) is 3. The number of aromatic hydroxyl groups is 1. The molecule has 3 rings (SSSR count). The van der Waals surface area contributed by atoms with Gasteiger partial charge in [-0.15, -0.1) is 0 Å². The quantitative estimate of drug-likeness (QED) is 0.122. The van der Waals surface area contributed by atoms with Crippen LogP contribution in [0, 0.1) is 0 Å². The molecule has 0 aliphatic rings. The average molecular weight is 604 g/mol. The Morgan fingerprint density at radius 2 is 1.07 bits per heavy atom. The number of benzene rings is 3. The van der Waals surface area contributed by atoms with E-state index in [1.54, 1.807) is 42.5 Å². The third-order valence-corrected chi connectivity index (χ3v) is 6.85. The van der Waals surface area contributed by atoms with Gasteiger partial charge in [-0.3, -0.25) is 19.2 Å². The zero-order valence-electron chi connectivity index (χ0n) is 24.0. The predicted octanol–water partition coefficient (Wildman–Crippen LogP) is 0.552. The number of carbonyl (C=O) groups is 5. The summed E-state index contributed by atoms with van der Waals surface area (Å²) >= 11 is 0. The summed E-state index contributed by atoms with van der Waals surface area (Å²) < 4.78 is 0. The van der Waals surface area contributed by atoms with E-state index in [0.29, 0.717) is 11.1 Å². The molecule has 4 unspecified atom stereocenters. The molecule has 0 aliphatic heterocycles. The minimum absolute atomic E-state index is 0.00958. The number of carboxylic acid groups (broad SMARTS) is 1. The van der Waals surface area contributed by atoms with Crippen LogP contribution in [0.4, 0.5) is 0 Å². The van der Waals surface area contributed by atoms with Gasteiger partial charge in [0, 0.05) is 19.3 Å². The molecule has 0 saturated heterocycles. The lowest BCUT2D eigenvalue weighted by molar-refractivity contribution is -0.142. The van der Waals surface area contributed by atoms with Gasteiger partial charge in [-0.05, 0) is 41.7 Å². The maximum Gasteiger partial charge on any atom is 0.326 e. The minimum atomic E-state index is -1.34. The Labute approximate surface area is 254 Å². The molecule has 0 spiro atoms. The fourth-order valence-corrected chi connectivity index (χ4v) is 4.47. The summed E-state index contributed by atoms with van der Waals surface area (Å²) in [6, 6.07) is 18.9. The van der Waals surface area contributed by atoms with Crippen molar-refractivity contribution in [3.05, 3.63) is 102 Å². The van der Waals surface area contributed by atoms with Crippen LogP contribution in [0.15, 0.2) is 84.9 Å². The van der Waals surface area contributed by atoms with E-state index >= 15 is 0 Å². The van der Waals surface area contributed by atoms with Crippen molar-refractivity contribution < 1.29 is 34.2 Å². The van der Waals surface area contributed by atoms with Gasteiger partial charge in [0.25, 0.3) is 0 Å². The Morgan fingerprint density at radius 3 is 1.61 bits per heavy atom. The second kappa shape index (κ2) is 16.4. The second-order valence-electron chi connectivity index (χ2n) is 10.4. The van der Waals surface area contributed by atoms with Gasteiger partial charge in [-0.1, -0.05) is 72.8 Å². The Bertz CT molecular complexity index is 1420. The van der Waals surface area contributed by atoms with Crippen molar-refractivity contribution in [2.24, 2.45) is 11.5 Å². The molecule has 12 heteroatoms. The number of carbonyl (C=O) groups excluding carboxylic acids is 4. The number of hydrogen-bond acceptors (Lipinski definition) is 7. The van der Waals surface area contributed by atoms with Gasteiger partial charge in [0.2, 0.25) is 23.6 Å². The average Bonchev–Trinajstić information content (AvgIpc) is 3.00. The molecule has 9 N–H and O–H groups in total. The lowest BCUT2D eigenvalue weighted by Crippen LogP contribution is -2.58. The zero-order chi connectivity index (χ0) is 32.1. The Hall–Kier alpha value is -5.23. The van der Waals surface area contributed by atoms with Gasteiger partial charge in [0.1, 0.15) is 23.9 Å². The molecule has 0 aliphatic carbocycles. The molecule has 0 fully saturated rings. The van der Waals surface area contributed by atoms with Crippen LogP contribution in [0.1, 0.15) is 29.5 Å². The number of nitrogens with two attached hydrogens (primary N) is 2. The van der Waals surface area contributed by atoms with Crippen molar-refractivity contribution in [2.45, 2.75) is 56.3 Å². The fraction of sp³-hybridized carbons (Fsp3) is 0.281. The summed E-state index contributed by atoms with van der Waals surface area (Å²) in [6.45, 7) is 0. The first-order valence-electron chi connectivity index (χ1n) is 14.1. The highest BCUT2D eigenvalue weighted by molar-refractivity contribution is 5.94. The molecule has 0 aromatic heterocycles. The fourth-order valence-electron chi connectivity index (χ4n) is 4.47. The van der Waals surface area contributed by atoms with Gasteiger partial charge >= 0.3 is 5.97 Å². The number of primary amides is 1. The van der Waals surface area contributed by atoms with Crippen LogP contribution >= 0.6 is 0 Å². The first-order chi connectivity index (χ1) is 21.0. The van der Waals surface area contributed by atoms with Crippen LogP contribution in [0.2, 0.25) is 0 Å². The minimum Gasteiger partial charge on any atom is -0.508 e. The number of carboxylic acids is 1. The lowest BCUT2D eigenvalue weighted by Gasteiger charge is -2.25. The maximum absolute atomic E-state index is 13.6. The van der Waals surface area contributed by atoms with Crippen molar-refractivity contribution in [2.75, 3.05) is 0 Å². The van der Waals surface area contributed by atoms with Gasteiger partial charge < -0.3 is 37.6 Å². The van der Waals surface area contributed by atoms with E-state index in [4.69, 9.17) is 11.5 Å². The summed E-state index contributed by atoms with van der Waals surface area (Å²) in [4.78, 5) is 63.4. The number of hydrogen-bond donors (Lipinski definition) is 7. The topological polar surface area (TPSA) is 214 Å². The second-order valence-corrected chi connectivity index (χ2v) is 10.4. The van der Waals surface area contributed by atoms with Gasteiger partial charge in [0.15, 0.2) is 0 Å². The SMILES string of the molecule is NC(=O)CCC(NC(=O)C(Cc1ccc(O)cc1)NC(=O)C(N)Cc1ccccc1)C(=O)NC(Cc1ccccc1)C(=O)O. The molecule has 12 nitrogen and oxygen atoms in total. The van der Waals surface area contributed by atoms with Crippen LogP contribution in [0.5, 0.6) is 5.75 Å². The van der Waals surface area contributed by atoms with Crippen molar-refractivity contribution >= 4 is 29.6 Å². The maximum atomic E-state index is 13.6. The Morgan fingerprint density at radius 1 is 0.614 bits per heavy atom. The van der Waals surface area contributed by atoms with E-state index < -0.39 is 53.8 Å². The molecule has 0 radical (unpaired) electrons. The molecule has 44 heavy (non-hydrogen) atoms. The van der Waals surface area contributed by atoms with Crippen molar-refractivity contribution in [3.8, 4) is 5.75 Å². The molecule has 0 bridgehead atoms. The van der Waals surface area contributed by atoms with Crippen LogP contribution in [-0.4, -0.2) is 64.0 Å². The normalized spacial score (nSPS) is 13.5. The predicted molar refractivity (Wildman–Crippen MR) is 162 cm³/mol. The molecule has 4 atom stereocenters. The van der Waals surface area contributed by atoms with E-state index in [0.717, 1.165) is 5.56 Å². The molecule has 3 aromatic carbocycles. The third kappa shape index (κ3) is 10.9. The first-order valence-corrected chi connectivity index (χ1v) is 14.1. The monoisotopic (exact) mass is 603 g/mol. The third-order valence-electron chi connectivity index (χ3n) is 6.85. The number of phenolic OH excluding ortho intramolecular Hbond substituents is 1.